The van der Waals surface area contributed by atoms with Gasteiger partial charge in [-0.1, -0.05) is 26.8 Å². The van der Waals surface area contributed by atoms with E-state index in [1.807, 2.05) is 24.7 Å². The van der Waals surface area contributed by atoms with E-state index in [1.54, 1.807) is 0 Å². The first-order valence-electron chi connectivity index (χ1n) is 9.71. The Kier molecular flexibility index (Phi) is 4.83. The lowest BCUT2D eigenvalue weighted by Crippen LogP contribution is -2.36. The van der Waals surface area contributed by atoms with Gasteiger partial charge in [-0.3, -0.25) is 15.0 Å². The zero-order valence-corrected chi connectivity index (χ0v) is 16.4. The van der Waals surface area contributed by atoms with Gasteiger partial charge in [0.15, 0.2) is 5.82 Å². The summed E-state index contributed by atoms with van der Waals surface area (Å²) in [5, 5.41) is 7.72. The molecule has 0 radical (unpaired) electrons. The van der Waals surface area contributed by atoms with Gasteiger partial charge >= 0.3 is 0 Å². The van der Waals surface area contributed by atoms with Gasteiger partial charge in [0, 0.05) is 55.0 Å². The number of H-pyrrole nitrogens is 1. The number of nitrogens with zero attached hydrogens (tertiary/aromatic N) is 5. The highest BCUT2D eigenvalue weighted by molar-refractivity contribution is 5.51. The third-order valence-corrected chi connectivity index (χ3v) is 5.29. The lowest BCUT2D eigenvalue weighted by molar-refractivity contribution is 0.171. The molecule has 27 heavy (non-hydrogen) atoms. The van der Waals surface area contributed by atoms with E-state index in [4.69, 9.17) is 0 Å². The van der Waals surface area contributed by atoms with Gasteiger partial charge in [-0.15, -0.1) is 0 Å². The van der Waals surface area contributed by atoms with Crippen LogP contribution in [0.2, 0.25) is 0 Å². The minimum absolute atomic E-state index is 0.0496. The summed E-state index contributed by atoms with van der Waals surface area (Å²) in [6, 6.07) is 6.71. The normalized spacial score (nSPS) is 18.7. The summed E-state index contributed by atoms with van der Waals surface area (Å²) < 4.78 is 2.30. The smallest absolute Gasteiger partial charge is 0.160 e. The van der Waals surface area contributed by atoms with E-state index in [2.05, 4.69) is 68.7 Å². The number of pyridine rings is 1. The highest BCUT2D eigenvalue weighted by Gasteiger charge is 2.25. The number of aromatic nitrogens is 5. The predicted octanol–water partition coefficient (Wildman–Crippen LogP) is 3.80. The van der Waals surface area contributed by atoms with E-state index in [-0.39, 0.29) is 5.41 Å². The van der Waals surface area contributed by atoms with Gasteiger partial charge in [0.2, 0.25) is 0 Å². The van der Waals surface area contributed by atoms with Crippen molar-refractivity contribution >= 4 is 0 Å². The second-order valence-electron chi connectivity index (χ2n) is 8.47. The topological polar surface area (TPSA) is 62.6 Å². The fourth-order valence-corrected chi connectivity index (χ4v) is 3.78. The first-order chi connectivity index (χ1) is 13.0. The van der Waals surface area contributed by atoms with Crippen LogP contribution in [0.15, 0.2) is 43.0 Å². The fraction of sp³-hybridized carbons (Fsp3) is 0.476. The molecule has 1 aliphatic heterocycles. The average molecular weight is 364 g/mol. The summed E-state index contributed by atoms with van der Waals surface area (Å²) in [4.78, 5) is 11.4. The highest BCUT2D eigenvalue weighted by atomic mass is 15.2. The molecule has 3 aromatic heterocycles. The second kappa shape index (κ2) is 7.27. The van der Waals surface area contributed by atoms with Crippen molar-refractivity contribution in [3.8, 4) is 11.5 Å². The molecule has 1 aliphatic rings. The van der Waals surface area contributed by atoms with Gasteiger partial charge in [0.25, 0.3) is 0 Å². The molecule has 0 amide bonds. The molecule has 3 aromatic rings. The summed E-state index contributed by atoms with van der Waals surface area (Å²) in [5.74, 6) is 0.954. The molecular weight excluding hydrogens is 336 g/mol. The van der Waals surface area contributed by atoms with Crippen molar-refractivity contribution < 1.29 is 0 Å². The zero-order chi connectivity index (χ0) is 18.9. The summed E-state index contributed by atoms with van der Waals surface area (Å²) in [5.41, 5.74) is 3.38. The number of nitrogens with one attached hydrogen (secondary N) is 1. The number of likely N-dealkylation sites (tertiary alicyclic amines) is 1. The van der Waals surface area contributed by atoms with Crippen molar-refractivity contribution in [3.05, 3.63) is 54.2 Å². The SMILES string of the molecule is CC(C)(C)c1cc(-c2nccn2[C@@H]2CCCN(Cc3cccnc3)C2)n[nH]1. The molecule has 1 saturated heterocycles. The molecule has 1 N–H and O–H groups in total. The van der Waals surface area contributed by atoms with Gasteiger partial charge in [-0.2, -0.15) is 5.10 Å². The number of hydrogen-bond acceptors (Lipinski definition) is 4. The molecule has 0 aromatic carbocycles. The van der Waals surface area contributed by atoms with E-state index < -0.39 is 0 Å². The molecule has 6 heteroatoms. The van der Waals surface area contributed by atoms with Crippen LogP contribution >= 0.6 is 0 Å². The predicted molar refractivity (Wildman–Crippen MR) is 106 cm³/mol. The van der Waals surface area contributed by atoms with Crippen molar-refractivity contribution in [2.24, 2.45) is 0 Å². The van der Waals surface area contributed by atoms with Crippen molar-refractivity contribution in [2.75, 3.05) is 13.1 Å². The second-order valence-corrected chi connectivity index (χ2v) is 8.47. The maximum Gasteiger partial charge on any atom is 0.160 e. The van der Waals surface area contributed by atoms with Crippen LogP contribution in [0.1, 0.15) is 50.9 Å². The van der Waals surface area contributed by atoms with Gasteiger partial charge in [-0.25, -0.2) is 4.98 Å². The van der Waals surface area contributed by atoms with E-state index in [1.165, 1.54) is 18.4 Å². The molecule has 4 rings (SSSR count). The maximum absolute atomic E-state index is 4.62. The van der Waals surface area contributed by atoms with Gasteiger partial charge < -0.3 is 4.57 Å². The van der Waals surface area contributed by atoms with Crippen LogP contribution in [-0.4, -0.2) is 42.7 Å². The van der Waals surface area contributed by atoms with Gasteiger partial charge in [-0.05, 0) is 37.1 Å². The van der Waals surface area contributed by atoms with Crippen LogP contribution in [0.5, 0.6) is 0 Å². The standard InChI is InChI=1S/C21H28N6/c1-21(2,3)19-12-18(24-25-19)20-23-9-11-27(20)17-7-5-10-26(15-17)14-16-6-4-8-22-13-16/h4,6,8-9,11-13,17H,5,7,10,14-15H2,1-3H3,(H,24,25)/t17-/m1/s1. The Morgan fingerprint density at radius 1 is 1.26 bits per heavy atom. The molecular formula is C21H28N6. The molecule has 6 nitrogen and oxygen atoms in total. The lowest BCUT2D eigenvalue weighted by Gasteiger charge is -2.34. The van der Waals surface area contributed by atoms with Crippen LogP contribution in [0.3, 0.4) is 0 Å². The molecule has 1 fully saturated rings. The molecule has 1 atom stereocenters. The maximum atomic E-state index is 4.62. The van der Waals surface area contributed by atoms with E-state index >= 15 is 0 Å². The largest absolute Gasteiger partial charge is 0.325 e. The van der Waals surface area contributed by atoms with Crippen molar-refractivity contribution in [1.29, 1.82) is 0 Å². The van der Waals surface area contributed by atoms with Crippen molar-refractivity contribution in [3.63, 3.8) is 0 Å². The molecule has 0 unspecified atom stereocenters. The Bertz CT molecular complexity index is 873. The number of rotatable bonds is 4. The number of hydrogen-bond donors (Lipinski definition) is 1. The third kappa shape index (κ3) is 3.95. The Balaban J connectivity index is 1.52. The molecule has 0 bridgehead atoms. The van der Waals surface area contributed by atoms with Crippen molar-refractivity contribution in [2.45, 2.75) is 51.6 Å². The number of aromatic amines is 1. The summed E-state index contributed by atoms with van der Waals surface area (Å²) >= 11 is 0. The summed E-state index contributed by atoms with van der Waals surface area (Å²) in [7, 11) is 0. The van der Waals surface area contributed by atoms with Crippen LogP contribution in [0.25, 0.3) is 11.5 Å². The average Bonchev–Trinajstić information content (AvgIpc) is 3.32. The van der Waals surface area contributed by atoms with Gasteiger partial charge in [0.05, 0.1) is 0 Å². The molecule has 0 aliphatic carbocycles. The first kappa shape index (κ1) is 17.9. The summed E-state index contributed by atoms with van der Waals surface area (Å²) in [6.07, 6.45) is 10.1. The van der Waals surface area contributed by atoms with Gasteiger partial charge in [0.1, 0.15) is 5.69 Å². The summed E-state index contributed by atoms with van der Waals surface area (Å²) in [6.45, 7) is 9.67. The fourth-order valence-electron chi connectivity index (χ4n) is 3.78. The Hall–Kier alpha value is -2.47. The highest BCUT2D eigenvalue weighted by Crippen LogP contribution is 2.29. The van der Waals surface area contributed by atoms with Crippen LogP contribution in [-0.2, 0) is 12.0 Å². The third-order valence-electron chi connectivity index (χ3n) is 5.29. The Morgan fingerprint density at radius 3 is 2.89 bits per heavy atom. The Morgan fingerprint density at radius 2 is 2.15 bits per heavy atom. The van der Waals surface area contributed by atoms with Crippen LogP contribution in [0, 0.1) is 0 Å². The molecule has 4 heterocycles. The molecule has 142 valence electrons. The minimum atomic E-state index is 0.0496. The quantitative estimate of drug-likeness (QED) is 0.765. The molecule has 0 spiro atoms. The van der Waals surface area contributed by atoms with Crippen LogP contribution in [0.4, 0.5) is 0 Å². The monoisotopic (exact) mass is 364 g/mol. The van der Waals surface area contributed by atoms with E-state index in [0.29, 0.717) is 6.04 Å². The lowest BCUT2D eigenvalue weighted by atomic mass is 9.92. The van der Waals surface area contributed by atoms with Crippen LogP contribution < -0.4 is 0 Å². The zero-order valence-electron chi connectivity index (χ0n) is 16.4. The van der Waals surface area contributed by atoms with E-state index in [0.717, 1.165) is 36.8 Å². The van der Waals surface area contributed by atoms with Crippen molar-refractivity contribution in [1.82, 2.24) is 29.6 Å². The number of imidazole rings is 1. The minimum Gasteiger partial charge on any atom is -0.325 e. The Labute approximate surface area is 160 Å². The van der Waals surface area contributed by atoms with E-state index in [9.17, 15) is 0 Å². The first-order valence-corrected chi connectivity index (χ1v) is 9.71. The molecule has 0 saturated carbocycles. The number of piperidine rings is 1.